The first-order valence-electron chi connectivity index (χ1n) is 14.2. The third-order valence-corrected chi connectivity index (χ3v) is 7.89. The van der Waals surface area contributed by atoms with Crippen LogP contribution < -0.4 is 4.74 Å². The highest BCUT2D eigenvalue weighted by Crippen LogP contribution is 2.44. The second-order valence-corrected chi connectivity index (χ2v) is 10.4. The van der Waals surface area contributed by atoms with Crippen LogP contribution >= 0.6 is 0 Å². The molecule has 2 heterocycles. The van der Waals surface area contributed by atoms with Crippen LogP contribution in [0.5, 0.6) is 5.88 Å². The summed E-state index contributed by atoms with van der Waals surface area (Å²) in [6.45, 7) is 0. The number of rotatable bonds is 8. The van der Waals surface area contributed by atoms with Crippen molar-refractivity contribution >= 4 is 22.9 Å². The molecule has 0 amide bonds. The van der Waals surface area contributed by atoms with Crippen molar-refractivity contribution in [1.82, 2.24) is 14.8 Å². The van der Waals surface area contributed by atoms with E-state index in [9.17, 15) is 4.79 Å². The van der Waals surface area contributed by atoms with Crippen LogP contribution in [0, 0.1) is 0 Å². The van der Waals surface area contributed by atoms with Crippen LogP contribution in [-0.4, -0.2) is 33.9 Å². The lowest BCUT2D eigenvalue weighted by Gasteiger charge is -2.37. The standard InChI is InChI=1S/C35H33N3O3/c1-40-32(39)23-22-30-33-31(24-25-36-34(33)41-29-20-12-5-13-21-29)38(37-30)35(26-14-6-2-7-15-26,27-16-8-3-9-17-27)28-18-10-4-11-19-28/h2-4,6-11,14-19,22-25,29H,5,12-13,20-21H2,1H3/b23-22+. The summed E-state index contributed by atoms with van der Waals surface area (Å²) in [5, 5.41) is 6.02. The maximum Gasteiger partial charge on any atom is 0.330 e. The smallest absolute Gasteiger partial charge is 0.330 e. The molecule has 6 rings (SSSR count). The minimum atomic E-state index is -0.831. The van der Waals surface area contributed by atoms with E-state index in [-0.39, 0.29) is 6.10 Å². The fourth-order valence-corrected chi connectivity index (χ4v) is 5.98. The molecule has 3 aromatic carbocycles. The van der Waals surface area contributed by atoms with Gasteiger partial charge >= 0.3 is 5.97 Å². The highest BCUT2D eigenvalue weighted by molar-refractivity contribution is 5.95. The Labute approximate surface area is 240 Å². The van der Waals surface area contributed by atoms with Crippen molar-refractivity contribution in [2.24, 2.45) is 0 Å². The van der Waals surface area contributed by atoms with Gasteiger partial charge in [-0.3, -0.25) is 0 Å². The summed E-state index contributed by atoms with van der Waals surface area (Å²) in [6.07, 6.45) is 10.5. The van der Waals surface area contributed by atoms with Gasteiger partial charge in [-0.25, -0.2) is 14.5 Å². The molecule has 1 aliphatic carbocycles. The van der Waals surface area contributed by atoms with Gasteiger partial charge in [0.1, 0.15) is 11.6 Å². The number of benzene rings is 3. The maximum atomic E-state index is 12.2. The average molecular weight is 544 g/mol. The Morgan fingerprint density at radius 1 is 0.829 bits per heavy atom. The van der Waals surface area contributed by atoms with Crippen LogP contribution in [0.15, 0.2) is 109 Å². The second-order valence-electron chi connectivity index (χ2n) is 10.4. The van der Waals surface area contributed by atoms with Crippen LogP contribution in [-0.2, 0) is 15.1 Å². The fraction of sp³-hybridized carbons (Fsp3) is 0.229. The molecule has 1 fully saturated rings. The third kappa shape index (κ3) is 5.02. The van der Waals surface area contributed by atoms with Gasteiger partial charge in [-0.2, -0.15) is 5.10 Å². The minimum Gasteiger partial charge on any atom is -0.474 e. The molecule has 0 atom stereocenters. The first kappa shape index (κ1) is 26.5. The number of ether oxygens (including phenoxy) is 2. The molecule has 206 valence electrons. The zero-order chi connectivity index (χ0) is 28.1. The molecule has 5 aromatic rings. The van der Waals surface area contributed by atoms with Crippen molar-refractivity contribution in [3.05, 3.63) is 132 Å². The summed E-state index contributed by atoms with van der Waals surface area (Å²) < 4.78 is 13.5. The number of esters is 1. The first-order valence-corrected chi connectivity index (χ1v) is 14.2. The van der Waals surface area contributed by atoms with Gasteiger partial charge in [-0.15, -0.1) is 0 Å². The lowest BCUT2D eigenvalue weighted by Crippen LogP contribution is -2.38. The molecular formula is C35H33N3O3. The van der Waals surface area contributed by atoms with Crippen molar-refractivity contribution < 1.29 is 14.3 Å². The van der Waals surface area contributed by atoms with Gasteiger partial charge in [0.05, 0.1) is 23.7 Å². The molecule has 6 nitrogen and oxygen atoms in total. The first-order chi connectivity index (χ1) is 20.2. The number of carbonyl (C=O) groups is 1. The molecule has 0 bridgehead atoms. The lowest BCUT2D eigenvalue weighted by atomic mass is 9.77. The highest BCUT2D eigenvalue weighted by atomic mass is 16.5. The van der Waals surface area contributed by atoms with E-state index in [1.807, 2.05) is 24.3 Å². The molecule has 1 aliphatic rings. The largest absolute Gasteiger partial charge is 0.474 e. The molecule has 0 radical (unpaired) electrons. The molecule has 2 aromatic heterocycles. The summed E-state index contributed by atoms with van der Waals surface area (Å²) in [4.78, 5) is 16.9. The van der Waals surface area contributed by atoms with Gasteiger partial charge in [0.2, 0.25) is 5.88 Å². The number of nitrogens with zero attached hydrogens (tertiary/aromatic N) is 3. The Bertz CT molecular complexity index is 1540. The Hall–Kier alpha value is -4.71. The number of hydrogen-bond donors (Lipinski definition) is 0. The van der Waals surface area contributed by atoms with E-state index >= 15 is 0 Å². The van der Waals surface area contributed by atoms with Gasteiger partial charge < -0.3 is 9.47 Å². The van der Waals surface area contributed by atoms with Crippen molar-refractivity contribution in [3.63, 3.8) is 0 Å². The van der Waals surface area contributed by atoms with Crippen LogP contribution in [0.25, 0.3) is 17.0 Å². The van der Waals surface area contributed by atoms with E-state index in [4.69, 9.17) is 19.6 Å². The number of carbonyl (C=O) groups excluding carboxylic acids is 1. The lowest BCUT2D eigenvalue weighted by molar-refractivity contribution is -0.134. The molecule has 6 heteroatoms. The van der Waals surface area contributed by atoms with E-state index in [0.717, 1.165) is 53.3 Å². The normalized spacial score (nSPS) is 14.4. The Morgan fingerprint density at radius 2 is 1.39 bits per heavy atom. The fourth-order valence-electron chi connectivity index (χ4n) is 5.98. The van der Waals surface area contributed by atoms with Gasteiger partial charge in [0.25, 0.3) is 0 Å². The summed E-state index contributed by atoms with van der Waals surface area (Å²) in [6, 6.07) is 33.2. The monoisotopic (exact) mass is 543 g/mol. The molecular weight excluding hydrogens is 510 g/mol. The summed E-state index contributed by atoms with van der Waals surface area (Å²) in [7, 11) is 1.37. The third-order valence-electron chi connectivity index (χ3n) is 7.89. The molecule has 0 unspecified atom stereocenters. The summed E-state index contributed by atoms with van der Waals surface area (Å²) >= 11 is 0. The second kappa shape index (κ2) is 11.8. The predicted octanol–water partition coefficient (Wildman–Crippen LogP) is 7.17. The molecule has 0 spiro atoms. The molecule has 0 N–H and O–H groups in total. The van der Waals surface area contributed by atoms with E-state index in [1.54, 1.807) is 12.3 Å². The predicted molar refractivity (Wildman–Crippen MR) is 161 cm³/mol. The number of hydrogen-bond acceptors (Lipinski definition) is 5. The van der Waals surface area contributed by atoms with Gasteiger partial charge in [0, 0.05) is 12.3 Å². The van der Waals surface area contributed by atoms with Crippen molar-refractivity contribution in [2.75, 3.05) is 7.11 Å². The number of pyridine rings is 1. The van der Waals surface area contributed by atoms with Crippen LogP contribution in [0.4, 0.5) is 0 Å². The highest BCUT2D eigenvalue weighted by Gasteiger charge is 2.41. The quantitative estimate of drug-likeness (QED) is 0.118. The van der Waals surface area contributed by atoms with E-state index in [2.05, 4.69) is 77.5 Å². The zero-order valence-electron chi connectivity index (χ0n) is 23.1. The van der Waals surface area contributed by atoms with Crippen LogP contribution in [0.2, 0.25) is 0 Å². The Balaban J connectivity index is 1.68. The van der Waals surface area contributed by atoms with Gasteiger partial charge in [-0.05, 0) is 54.5 Å². The topological polar surface area (TPSA) is 66.2 Å². The van der Waals surface area contributed by atoms with E-state index < -0.39 is 11.5 Å². The van der Waals surface area contributed by atoms with Gasteiger partial charge in [-0.1, -0.05) is 97.4 Å². The molecule has 1 saturated carbocycles. The van der Waals surface area contributed by atoms with Crippen molar-refractivity contribution in [1.29, 1.82) is 0 Å². The SMILES string of the molecule is COC(=O)/C=C/c1nn(C(c2ccccc2)(c2ccccc2)c2ccccc2)c2ccnc(OC3CCCCC3)c12. The Kier molecular flexibility index (Phi) is 7.63. The van der Waals surface area contributed by atoms with Gasteiger partial charge in [0.15, 0.2) is 0 Å². The zero-order valence-corrected chi connectivity index (χ0v) is 23.1. The summed E-state index contributed by atoms with van der Waals surface area (Å²) in [5.74, 6) is 0.0834. The molecule has 0 aliphatic heterocycles. The maximum absolute atomic E-state index is 12.2. The van der Waals surface area contributed by atoms with Crippen LogP contribution in [0.3, 0.4) is 0 Å². The Morgan fingerprint density at radius 3 is 1.93 bits per heavy atom. The number of aromatic nitrogens is 3. The number of fused-ring (bicyclic) bond motifs is 1. The van der Waals surface area contributed by atoms with E-state index in [0.29, 0.717) is 11.6 Å². The summed E-state index contributed by atoms with van der Waals surface area (Å²) in [5.41, 5.74) is 3.77. The van der Waals surface area contributed by atoms with Crippen LogP contribution in [0.1, 0.15) is 54.5 Å². The molecule has 41 heavy (non-hydrogen) atoms. The van der Waals surface area contributed by atoms with E-state index in [1.165, 1.54) is 19.6 Å². The van der Waals surface area contributed by atoms with Crippen molar-refractivity contribution in [3.8, 4) is 5.88 Å². The minimum absolute atomic E-state index is 0.102. The number of methoxy groups -OCH3 is 1. The van der Waals surface area contributed by atoms with Crippen molar-refractivity contribution in [2.45, 2.75) is 43.7 Å². The average Bonchev–Trinajstić information content (AvgIpc) is 3.42. The molecule has 0 saturated heterocycles.